The van der Waals surface area contributed by atoms with Gasteiger partial charge in [0.1, 0.15) is 10.6 Å². The molecule has 0 saturated heterocycles. The minimum absolute atomic E-state index is 0.0773. The molecule has 0 bridgehead atoms. The number of hydrogen-bond acceptors (Lipinski definition) is 4. The molecular weight excluding hydrogens is 284 g/mol. The van der Waals surface area contributed by atoms with Crippen LogP contribution in [0.25, 0.3) is 10.1 Å². The van der Waals surface area contributed by atoms with Gasteiger partial charge in [0, 0.05) is 11.2 Å². The molecule has 1 aromatic carbocycles. The van der Waals surface area contributed by atoms with Gasteiger partial charge in [-0.15, -0.1) is 11.3 Å². The average molecular weight is 304 g/mol. The molecule has 1 heterocycles. The number of ether oxygens (including phenoxy) is 1. The molecule has 0 atom stereocenters. The Morgan fingerprint density at radius 3 is 3.00 bits per heavy atom. The largest absolute Gasteiger partial charge is 0.496 e. The van der Waals surface area contributed by atoms with Crippen molar-refractivity contribution in [3.63, 3.8) is 0 Å². The van der Waals surface area contributed by atoms with Gasteiger partial charge in [0.2, 0.25) is 0 Å². The topological polar surface area (TPSA) is 64.3 Å². The molecule has 1 fully saturated rings. The number of carbonyl (C=O) groups is 1. The normalized spacial score (nSPS) is 14.3. The van der Waals surface area contributed by atoms with Crippen molar-refractivity contribution in [3.05, 3.63) is 23.1 Å². The van der Waals surface area contributed by atoms with Crippen molar-refractivity contribution >= 4 is 33.0 Å². The first-order valence-corrected chi connectivity index (χ1v) is 8.15. The predicted octanol–water partition coefficient (Wildman–Crippen LogP) is 3.41. The van der Waals surface area contributed by atoms with E-state index >= 15 is 0 Å². The molecule has 4 nitrogen and oxygen atoms in total. The van der Waals surface area contributed by atoms with Crippen molar-refractivity contribution in [2.75, 3.05) is 19.4 Å². The van der Waals surface area contributed by atoms with Gasteiger partial charge in [0.05, 0.1) is 18.2 Å². The van der Waals surface area contributed by atoms with Gasteiger partial charge in [-0.3, -0.25) is 4.79 Å². The molecule has 21 heavy (non-hydrogen) atoms. The number of fused-ring (bicyclic) bond motifs is 1. The van der Waals surface area contributed by atoms with Crippen LogP contribution in [0.5, 0.6) is 5.75 Å². The van der Waals surface area contributed by atoms with Crippen LogP contribution in [0.4, 0.5) is 5.69 Å². The van der Waals surface area contributed by atoms with Crippen LogP contribution in [0.15, 0.2) is 18.2 Å². The maximum atomic E-state index is 12.3. The molecule has 0 spiro atoms. The van der Waals surface area contributed by atoms with Gasteiger partial charge in [-0.05, 0) is 30.9 Å². The van der Waals surface area contributed by atoms with Crippen LogP contribution in [-0.4, -0.2) is 19.6 Å². The van der Waals surface area contributed by atoms with Crippen molar-refractivity contribution in [1.29, 1.82) is 0 Å². The number of hydrogen-bond donors (Lipinski definition) is 2. The van der Waals surface area contributed by atoms with Crippen LogP contribution in [0.2, 0.25) is 0 Å². The number of benzene rings is 1. The molecular formula is C16H20N2O2S. The molecule has 0 radical (unpaired) electrons. The zero-order chi connectivity index (χ0) is 14.8. The van der Waals surface area contributed by atoms with Crippen molar-refractivity contribution in [2.24, 2.45) is 5.92 Å². The van der Waals surface area contributed by atoms with E-state index in [1.165, 1.54) is 30.6 Å². The van der Waals surface area contributed by atoms with Gasteiger partial charge >= 0.3 is 0 Å². The molecule has 1 aromatic heterocycles. The van der Waals surface area contributed by atoms with Gasteiger partial charge in [-0.2, -0.15) is 0 Å². The van der Waals surface area contributed by atoms with Crippen molar-refractivity contribution in [1.82, 2.24) is 5.32 Å². The van der Waals surface area contributed by atoms with Gasteiger partial charge in [0.25, 0.3) is 5.91 Å². The number of thiophene rings is 1. The minimum atomic E-state index is -0.0773. The van der Waals surface area contributed by atoms with E-state index in [1.54, 1.807) is 7.11 Å². The molecule has 3 N–H and O–H groups in total. The lowest BCUT2D eigenvalue weighted by Crippen LogP contribution is -2.24. The number of rotatable bonds is 6. The molecule has 112 valence electrons. The Hall–Kier alpha value is -1.75. The second-order valence-corrected chi connectivity index (χ2v) is 6.57. The quantitative estimate of drug-likeness (QED) is 0.804. The summed E-state index contributed by atoms with van der Waals surface area (Å²) in [6.07, 6.45) is 4.98. The summed E-state index contributed by atoms with van der Waals surface area (Å²) in [6, 6.07) is 5.74. The smallest absolute Gasteiger partial charge is 0.263 e. The highest BCUT2D eigenvalue weighted by Gasteiger charge is 2.21. The van der Waals surface area contributed by atoms with Crippen LogP contribution in [-0.2, 0) is 0 Å². The monoisotopic (exact) mass is 304 g/mol. The van der Waals surface area contributed by atoms with E-state index < -0.39 is 0 Å². The number of methoxy groups -OCH3 is 1. The number of anilines is 1. The first kappa shape index (κ1) is 14.2. The fourth-order valence-electron chi connectivity index (χ4n) is 2.56. The van der Waals surface area contributed by atoms with Crippen LogP contribution in [0, 0.1) is 5.92 Å². The lowest BCUT2D eigenvalue weighted by atomic mass is 10.2. The van der Waals surface area contributed by atoms with Crippen LogP contribution < -0.4 is 15.8 Å². The number of amides is 1. The summed E-state index contributed by atoms with van der Waals surface area (Å²) < 4.78 is 6.31. The number of nitrogen functional groups attached to an aromatic ring is 1. The molecule has 1 aliphatic rings. The highest BCUT2D eigenvalue weighted by atomic mass is 32.1. The van der Waals surface area contributed by atoms with Crippen molar-refractivity contribution < 1.29 is 9.53 Å². The molecule has 2 aromatic rings. The van der Waals surface area contributed by atoms with Gasteiger partial charge in [0.15, 0.2) is 0 Å². The second-order valence-electron chi connectivity index (χ2n) is 5.52. The first-order chi connectivity index (χ1) is 10.2. The Kier molecular flexibility index (Phi) is 4.01. The highest BCUT2D eigenvalue weighted by molar-refractivity contribution is 7.21. The fourth-order valence-corrected chi connectivity index (χ4v) is 3.61. The Balaban J connectivity index is 1.73. The van der Waals surface area contributed by atoms with E-state index in [-0.39, 0.29) is 5.91 Å². The summed E-state index contributed by atoms with van der Waals surface area (Å²) >= 11 is 1.42. The summed E-state index contributed by atoms with van der Waals surface area (Å²) in [5.74, 6) is 1.54. The molecule has 5 heteroatoms. The third kappa shape index (κ3) is 2.97. The summed E-state index contributed by atoms with van der Waals surface area (Å²) in [4.78, 5) is 12.9. The summed E-state index contributed by atoms with van der Waals surface area (Å²) in [6.45, 7) is 0.722. The SMILES string of the molecule is COc1cccc2sc(C(=O)NCCCC3CC3)c(N)c12. The van der Waals surface area contributed by atoms with Gasteiger partial charge < -0.3 is 15.8 Å². The minimum Gasteiger partial charge on any atom is -0.496 e. The van der Waals surface area contributed by atoms with E-state index in [4.69, 9.17) is 10.5 Å². The van der Waals surface area contributed by atoms with Crippen molar-refractivity contribution in [3.8, 4) is 5.75 Å². The summed E-state index contributed by atoms with van der Waals surface area (Å²) in [5, 5.41) is 3.81. The van der Waals surface area contributed by atoms with E-state index in [0.717, 1.165) is 29.0 Å². The zero-order valence-electron chi connectivity index (χ0n) is 12.1. The molecule has 0 unspecified atom stereocenters. The zero-order valence-corrected chi connectivity index (χ0v) is 13.0. The van der Waals surface area contributed by atoms with Crippen LogP contribution in [0.1, 0.15) is 35.4 Å². The molecule has 1 aliphatic carbocycles. The lowest BCUT2D eigenvalue weighted by molar-refractivity contribution is 0.0957. The lowest BCUT2D eigenvalue weighted by Gasteiger charge is -2.04. The Bertz CT molecular complexity index is 662. The average Bonchev–Trinajstić information content (AvgIpc) is 3.26. The first-order valence-electron chi connectivity index (χ1n) is 7.34. The van der Waals surface area contributed by atoms with Crippen LogP contribution in [0.3, 0.4) is 0 Å². The molecule has 0 aliphatic heterocycles. The molecule has 1 saturated carbocycles. The Morgan fingerprint density at radius 2 is 2.29 bits per heavy atom. The van der Waals surface area contributed by atoms with Gasteiger partial charge in [-0.25, -0.2) is 0 Å². The van der Waals surface area contributed by atoms with Gasteiger partial charge in [-0.1, -0.05) is 18.9 Å². The third-order valence-electron chi connectivity index (χ3n) is 3.91. The number of nitrogens with one attached hydrogen (secondary N) is 1. The standard InChI is InChI=1S/C16H20N2O2S/c1-20-11-5-2-6-12-13(11)14(17)15(21-12)16(19)18-9-3-4-10-7-8-10/h2,5-6,10H,3-4,7-9,17H2,1H3,(H,18,19). The second kappa shape index (κ2) is 5.93. The van der Waals surface area contributed by atoms with Crippen molar-refractivity contribution in [2.45, 2.75) is 25.7 Å². The fraction of sp³-hybridized carbons (Fsp3) is 0.438. The Morgan fingerprint density at radius 1 is 1.48 bits per heavy atom. The van der Waals surface area contributed by atoms with E-state index in [1.807, 2.05) is 18.2 Å². The predicted molar refractivity (Wildman–Crippen MR) is 87.1 cm³/mol. The molecule has 1 amide bonds. The number of nitrogens with two attached hydrogens (primary N) is 1. The highest BCUT2D eigenvalue weighted by Crippen LogP contribution is 2.39. The van der Waals surface area contributed by atoms with E-state index in [9.17, 15) is 4.79 Å². The summed E-state index contributed by atoms with van der Waals surface area (Å²) in [5.41, 5.74) is 6.67. The Labute approximate surface area is 128 Å². The van der Waals surface area contributed by atoms with E-state index in [2.05, 4.69) is 5.32 Å². The maximum Gasteiger partial charge on any atom is 0.263 e. The maximum absolute atomic E-state index is 12.3. The van der Waals surface area contributed by atoms with Crippen LogP contribution >= 0.6 is 11.3 Å². The van der Waals surface area contributed by atoms with E-state index in [0.29, 0.717) is 16.3 Å². The number of carbonyl (C=O) groups excluding carboxylic acids is 1. The summed E-state index contributed by atoms with van der Waals surface area (Å²) in [7, 11) is 1.61. The third-order valence-corrected chi connectivity index (χ3v) is 5.08. The molecule has 3 rings (SSSR count).